The molecule has 5 rings (SSSR count). The average Bonchev–Trinajstić information content (AvgIpc) is 3.20. The monoisotopic (exact) mass is 475 g/mol. The number of rotatable bonds is 7. The third-order valence-electron chi connectivity index (χ3n) is 5.84. The molecule has 0 fully saturated rings. The molecule has 0 N–H and O–H groups in total. The second-order valence-electron chi connectivity index (χ2n) is 8.00. The normalized spacial score (nSPS) is 10.8. The fourth-order valence-corrected chi connectivity index (χ4v) is 4.16. The molecule has 0 spiro atoms. The number of nitrogens with zero attached hydrogens (tertiary/aromatic N) is 3. The minimum absolute atomic E-state index is 0.178. The number of benzene rings is 4. The van der Waals surface area contributed by atoms with Gasteiger partial charge in [-0.1, -0.05) is 43.0 Å². The summed E-state index contributed by atoms with van der Waals surface area (Å²) in [6.45, 7) is 3.91. The number of carbonyl (C=O) groups is 1. The van der Waals surface area contributed by atoms with E-state index in [2.05, 4.69) is 12.6 Å². The highest BCUT2D eigenvalue weighted by atomic mass is 16.5. The van der Waals surface area contributed by atoms with Crippen LogP contribution in [-0.4, -0.2) is 21.6 Å². The van der Waals surface area contributed by atoms with Crippen molar-refractivity contribution in [1.29, 1.82) is 5.26 Å². The number of aromatic nitrogens is 2. The van der Waals surface area contributed by atoms with E-state index in [1.807, 2.05) is 48.5 Å². The molecule has 5 aromatic rings. The summed E-state index contributed by atoms with van der Waals surface area (Å²) in [6, 6.07) is 27.6. The molecule has 176 valence electrons. The van der Waals surface area contributed by atoms with Crippen LogP contribution in [-0.2, 0) is 6.54 Å². The number of fused-ring (bicyclic) bond motifs is 2. The van der Waals surface area contributed by atoms with Crippen molar-refractivity contribution in [3.8, 4) is 23.3 Å². The van der Waals surface area contributed by atoms with E-state index in [0.29, 0.717) is 33.8 Å². The third-order valence-corrected chi connectivity index (χ3v) is 5.84. The second-order valence-corrected chi connectivity index (χ2v) is 8.00. The fraction of sp³-hybridized carbons (Fsp3) is 0.0690. The molecule has 1 heterocycles. The molecule has 0 aliphatic heterocycles. The van der Waals surface area contributed by atoms with Gasteiger partial charge in [0.05, 0.1) is 29.2 Å². The summed E-state index contributed by atoms with van der Waals surface area (Å²) in [5.74, 6) is 1.19. The SMILES string of the molecule is C=CC(=O)n1c(=O)n(CCOc2ccccc2Oc2cccc3cc(C#N)ccc23)c2ccccc21. The summed E-state index contributed by atoms with van der Waals surface area (Å²) in [6.07, 6.45) is 1.12. The molecular formula is C29H21N3O4. The van der Waals surface area contributed by atoms with E-state index < -0.39 is 11.6 Å². The summed E-state index contributed by atoms with van der Waals surface area (Å²) in [5, 5.41) is 10.9. The second kappa shape index (κ2) is 9.65. The molecule has 0 aliphatic rings. The number of imidazole rings is 1. The van der Waals surface area contributed by atoms with Gasteiger partial charge in [0, 0.05) is 5.39 Å². The maximum absolute atomic E-state index is 13.0. The van der Waals surface area contributed by atoms with E-state index in [1.54, 1.807) is 36.4 Å². The Morgan fingerprint density at radius 3 is 2.42 bits per heavy atom. The molecule has 0 saturated heterocycles. The Hall–Kier alpha value is -5.09. The van der Waals surface area contributed by atoms with Crippen LogP contribution in [0.2, 0.25) is 0 Å². The van der Waals surface area contributed by atoms with Crippen LogP contribution in [0.25, 0.3) is 21.8 Å². The highest BCUT2D eigenvalue weighted by Crippen LogP contribution is 2.35. The molecule has 4 aromatic carbocycles. The van der Waals surface area contributed by atoms with Crippen molar-refractivity contribution in [1.82, 2.24) is 9.13 Å². The lowest BCUT2D eigenvalue weighted by atomic mass is 10.1. The number of allylic oxidation sites excluding steroid dienone is 1. The van der Waals surface area contributed by atoms with Crippen LogP contribution in [0.1, 0.15) is 10.4 Å². The molecule has 0 aliphatic carbocycles. The average molecular weight is 476 g/mol. The van der Waals surface area contributed by atoms with Gasteiger partial charge >= 0.3 is 5.69 Å². The Labute approximate surface area is 206 Å². The Balaban J connectivity index is 1.39. The van der Waals surface area contributed by atoms with E-state index in [9.17, 15) is 14.9 Å². The van der Waals surface area contributed by atoms with Crippen LogP contribution in [0.3, 0.4) is 0 Å². The largest absolute Gasteiger partial charge is 0.488 e. The maximum Gasteiger partial charge on any atom is 0.336 e. The van der Waals surface area contributed by atoms with Crippen LogP contribution in [0, 0.1) is 11.3 Å². The molecule has 0 bridgehead atoms. The van der Waals surface area contributed by atoms with Gasteiger partial charge in [-0.25, -0.2) is 9.36 Å². The van der Waals surface area contributed by atoms with E-state index in [1.165, 1.54) is 4.57 Å². The quantitative estimate of drug-likeness (QED) is 0.289. The molecule has 0 radical (unpaired) electrons. The molecule has 0 unspecified atom stereocenters. The molecular weight excluding hydrogens is 454 g/mol. The third kappa shape index (κ3) is 4.12. The molecule has 0 atom stereocenters. The zero-order chi connectivity index (χ0) is 25.1. The van der Waals surface area contributed by atoms with Crippen molar-refractivity contribution in [2.45, 2.75) is 6.54 Å². The predicted octanol–water partition coefficient (Wildman–Crippen LogP) is 5.53. The Morgan fingerprint density at radius 1 is 0.917 bits per heavy atom. The van der Waals surface area contributed by atoms with Gasteiger partial charge in [0.15, 0.2) is 11.5 Å². The zero-order valence-corrected chi connectivity index (χ0v) is 19.3. The first-order chi connectivity index (χ1) is 17.6. The van der Waals surface area contributed by atoms with Crippen LogP contribution in [0.4, 0.5) is 0 Å². The highest BCUT2D eigenvalue weighted by molar-refractivity contribution is 5.96. The summed E-state index contributed by atoms with van der Waals surface area (Å²) in [5.41, 5.74) is 1.29. The van der Waals surface area contributed by atoms with Gasteiger partial charge < -0.3 is 9.47 Å². The topological polar surface area (TPSA) is 86.2 Å². The first-order valence-electron chi connectivity index (χ1n) is 11.3. The number of para-hydroxylation sites is 4. The molecule has 7 nitrogen and oxygen atoms in total. The van der Waals surface area contributed by atoms with Crippen molar-refractivity contribution in [3.63, 3.8) is 0 Å². The molecule has 0 saturated carbocycles. The van der Waals surface area contributed by atoms with Crippen LogP contribution >= 0.6 is 0 Å². The van der Waals surface area contributed by atoms with Crippen molar-refractivity contribution in [2.75, 3.05) is 6.61 Å². The number of carbonyl (C=O) groups excluding carboxylic acids is 1. The lowest BCUT2D eigenvalue weighted by molar-refractivity contribution is 0.0969. The van der Waals surface area contributed by atoms with Crippen molar-refractivity contribution in [2.24, 2.45) is 0 Å². The number of ether oxygens (including phenoxy) is 2. The van der Waals surface area contributed by atoms with Gasteiger partial charge in [0.1, 0.15) is 12.4 Å². The Kier molecular flexibility index (Phi) is 6.08. The predicted molar refractivity (Wildman–Crippen MR) is 138 cm³/mol. The van der Waals surface area contributed by atoms with E-state index in [4.69, 9.17) is 9.47 Å². The molecule has 36 heavy (non-hydrogen) atoms. The number of hydrogen-bond acceptors (Lipinski definition) is 5. The lowest BCUT2D eigenvalue weighted by Crippen LogP contribution is -2.29. The molecule has 7 heteroatoms. The minimum atomic E-state index is -0.480. The minimum Gasteiger partial charge on any atom is -0.488 e. The Bertz CT molecular complexity index is 1720. The molecule has 1 aromatic heterocycles. The first kappa shape index (κ1) is 22.7. The van der Waals surface area contributed by atoms with Crippen LogP contribution < -0.4 is 15.2 Å². The van der Waals surface area contributed by atoms with Gasteiger partial charge in [-0.2, -0.15) is 5.26 Å². The van der Waals surface area contributed by atoms with Gasteiger partial charge in [-0.3, -0.25) is 9.36 Å². The number of nitriles is 1. The van der Waals surface area contributed by atoms with Crippen molar-refractivity contribution in [3.05, 3.63) is 114 Å². The van der Waals surface area contributed by atoms with Gasteiger partial charge in [-0.15, -0.1) is 0 Å². The van der Waals surface area contributed by atoms with Crippen LogP contribution in [0.15, 0.2) is 102 Å². The van der Waals surface area contributed by atoms with E-state index in [0.717, 1.165) is 21.4 Å². The first-order valence-corrected chi connectivity index (χ1v) is 11.3. The summed E-state index contributed by atoms with van der Waals surface area (Å²) in [7, 11) is 0. The van der Waals surface area contributed by atoms with Crippen molar-refractivity contribution >= 4 is 27.7 Å². The lowest BCUT2D eigenvalue weighted by Gasteiger charge is -2.14. The van der Waals surface area contributed by atoms with E-state index >= 15 is 0 Å². The number of hydrogen-bond donors (Lipinski definition) is 0. The Morgan fingerprint density at radius 2 is 1.64 bits per heavy atom. The summed E-state index contributed by atoms with van der Waals surface area (Å²) < 4.78 is 14.8. The molecule has 0 amide bonds. The van der Waals surface area contributed by atoms with Crippen molar-refractivity contribution < 1.29 is 14.3 Å². The van der Waals surface area contributed by atoms with Gasteiger partial charge in [-0.05, 0) is 60.0 Å². The highest BCUT2D eigenvalue weighted by Gasteiger charge is 2.16. The zero-order valence-electron chi connectivity index (χ0n) is 19.3. The smallest absolute Gasteiger partial charge is 0.336 e. The van der Waals surface area contributed by atoms with E-state index in [-0.39, 0.29) is 13.2 Å². The maximum atomic E-state index is 13.0. The van der Waals surface area contributed by atoms with Crippen LogP contribution in [0.5, 0.6) is 17.2 Å². The fourth-order valence-electron chi connectivity index (χ4n) is 4.16. The standard InChI is InChI=1S/C29H21N3O4/c1-2-28(33)32-24-10-4-3-9-23(24)31(29(32)34)16-17-35-26-11-5-6-12-27(26)36-25-13-7-8-21-18-20(19-30)14-15-22(21)25/h2-15,18H,1,16-17H2. The van der Waals surface area contributed by atoms with Gasteiger partial charge in [0.2, 0.25) is 0 Å². The summed E-state index contributed by atoms with van der Waals surface area (Å²) >= 11 is 0. The summed E-state index contributed by atoms with van der Waals surface area (Å²) in [4.78, 5) is 25.2. The van der Waals surface area contributed by atoms with Gasteiger partial charge in [0.25, 0.3) is 5.91 Å².